The van der Waals surface area contributed by atoms with E-state index in [1.165, 1.54) is 71.8 Å². The highest BCUT2D eigenvalue weighted by Crippen LogP contribution is 2.64. The Kier molecular flexibility index (Phi) is 7.05. The average Bonchev–Trinajstić information content (AvgIpc) is 3.69. The number of nitrogens with two attached hydrogens (primary N) is 1. The van der Waals surface area contributed by atoms with Crippen molar-refractivity contribution < 1.29 is 9.53 Å². The maximum absolute atomic E-state index is 14.3. The maximum Gasteiger partial charge on any atom is 0.231 e. The fourth-order valence-corrected chi connectivity index (χ4v) is 7.66. The first-order chi connectivity index (χ1) is 19.0. The van der Waals surface area contributed by atoms with Gasteiger partial charge in [0.25, 0.3) is 0 Å². The number of rotatable bonds is 5. The summed E-state index contributed by atoms with van der Waals surface area (Å²) in [7, 11) is 0. The highest BCUT2D eigenvalue weighted by Gasteiger charge is 2.64. The first-order valence-corrected chi connectivity index (χ1v) is 15.0. The molecule has 2 aromatic rings. The second-order valence-electron chi connectivity index (χ2n) is 12.0. The molecule has 1 aromatic carbocycles. The molecule has 1 amide bonds. The Labute approximate surface area is 233 Å². The van der Waals surface area contributed by atoms with E-state index in [0.29, 0.717) is 50.4 Å². The van der Waals surface area contributed by atoms with E-state index >= 15 is 0 Å². The van der Waals surface area contributed by atoms with Crippen molar-refractivity contribution in [1.82, 2.24) is 9.47 Å². The molecule has 39 heavy (non-hydrogen) atoms. The highest BCUT2D eigenvalue weighted by atomic mass is 16.5. The summed E-state index contributed by atoms with van der Waals surface area (Å²) >= 11 is 0. The molecule has 2 aliphatic carbocycles. The minimum Gasteiger partial charge on any atom is -0.399 e. The number of allylic oxidation sites excluding steroid dienone is 5. The van der Waals surface area contributed by atoms with Gasteiger partial charge in [0, 0.05) is 42.2 Å². The van der Waals surface area contributed by atoms with Gasteiger partial charge in [0.05, 0.1) is 24.3 Å². The lowest BCUT2D eigenvalue weighted by atomic mass is 9.84. The van der Waals surface area contributed by atoms with Crippen molar-refractivity contribution in [3.63, 3.8) is 0 Å². The zero-order valence-electron chi connectivity index (χ0n) is 23.5. The molecule has 3 fully saturated rings. The van der Waals surface area contributed by atoms with Crippen LogP contribution >= 0.6 is 0 Å². The molecule has 3 heterocycles. The van der Waals surface area contributed by atoms with Crippen molar-refractivity contribution in [3.05, 3.63) is 72.0 Å². The summed E-state index contributed by atoms with van der Waals surface area (Å²) in [6, 6.07) is 6.62. The zero-order valence-corrected chi connectivity index (χ0v) is 23.5. The fraction of sp³-hybridized carbons (Fsp3) is 0.500. The van der Waals surface area contributed by atoms with Crippen molar-refractivity contribution in [3.8, 4) is 0 Å². The molecule has 1 saturated heterocycles. The van der Waals surface area contributed by atoms with Crippen LogP contribution in [0, 0.1) is 11.3 Å². The Balaban J connectivity index is 1.60. The molecule has 5 nitrogen and oxygen atoms in total. The van der Waals surface area contributed by atoms with E-state index in [0.717, 1.165) is 18.4 Å². The molecule has 0 spiro atoms. The number of hydrogen-bond acceptors (Lipinski definition) is 3. The quantitative estimate of drug-likeness (QED) is 0.345. The van der Waals surface area contributed by atoms with E-state index < -0.39 is 5.41 Å². The molecule has 0 radical (unpaired) electrons. The standard InChI is InChI=1S/C34H43N3O2/c1-4-6-13-27-26(5-2)32-31(24-11-9-7-8-10-12-24)28-15-14-25(23(3)35)20-30(28)37(32)22-34(21-29(27)34)33(38)36-16-18-39-19-17-36/h4-5,13-15,20,24,29H,1,3,6-12,16-19,21-22,35H2,2H3/b26-5+,27-13+. The summed E-state index contributed by atoms with van der Waals surface area (Å²) in [4.78, 5) is 16.4. The van der Waals surface area contributed by atoms with Crippen LogP contribution in [0.5, 0.6) is 0 Å². The van der Waals surface area contributed by atoms with Crippen molar-refractivity contribution in [2.45, 2.75) is 70.8 Å². The lowest BCUT2D eigenvalue weighted by Gasteiger charge is -2.31. The number of amides is 1. The molecule has 5 heteroatoms. The molecule has 6 rings (SSSR count). The molecule has 2 atom stereocenters. The average molecular weight is 526 g/mol. The van der Waals surface area contributed by atoms with Crippen LogP contribution in [-0.2, 0) is 16.1 Å². The SMILES string of the molecule is C=CC/C=C1\C(=C/C)c2c(C3CCCCCC3)c3ccc(C(=C)N)cc3n2CC2(C(=O)N3CCOCC3)CC12. The smallest absolute Gasteiger partial charge is 0.231 e. The number of hydrogen-bond donors (Lipinski definition) is 1. The number of aromatic nitrogens is 1. The van der Waals surface area contributed by atoms with Crippen molar-refractivity contribution >= 4 is 28.1 Å². The third-order valence-electron chi connectivity index (χ3n) is 9.71. The third kappa shape index (κ3) is 4.39. The van der Waals surface area contributed by atoms with Crippen LogP contribution in [0.25, 0.3) is 22.2 Å². The van der Waals surface area contributed by atoms with Crippen LogP contribution in [0.3, 0.4) is 0 Å². The Morgan fingerprint density at radius 1 is 1.18 bits per heavy atom. The number of carbonyl (C=O) groups is 1. The lowest BCUT2D eigenvalue weighted by Crippen LogP contribution is -2.46. The maximum atomic E-state index is 14.3. The Morgan fingerprint density at radius 3 is 2.59 bits per heavy atom. The van der Waals surface area contributed by atoms with E-state index in [1.54, 1.807) is 0 Å². The lowest BCUT2D eigenvalue weighted by molar-refractivity contribution is -0.142. The molecule has 1 aromatic heterocycles. The molecule has 4 aliphatic rings. The molecule has 2 N–H and O–H groups in total. The van der Waals surface area contributed by atoms with Crippen LogP contribution in [-0.4, -0.2) is 41.7 Å². The van der Waals surface area contributed by atoms with Gasteiger partial charge >= 0.3 is 0 Å². The van der Waals surface area contributed by atoms with Gasteiger partial charge in [-0.1, -0.05) is 62.6 Å². The Bertz CT molecular complexity index is 1360. The minimum atomic E-state index is -0.424. The summed E-state index contributed by atoms with van der Waals surface area (Å²) in [5, 5.41) is 1.32. The van der Waals surface area contributed by atoms with Gasteiger partial charge < -0.3 is 19.9 Å². The van der Waals surface area contributed by atoms with E-state index in [-0.39, 0.29) is 5.92 Å². The second kappa shape index (κ2) is 10.5. The van der Waals surface area contributed by atoms with Crippen molar-refractivity contribution in [2.24, 2.45) is 17.1 Å². The van der Waals surface area contributed by atoms with Gasteiger partial charge in [0.1, 0.15) is 0 Å². The first kappa shape index (κ1) is 26.2. The van der Waals surface area contributed by atoms with Crippen LogP contribution in [0.15, 0.2) is 55.2 Å². The summed E-state index contributed by atoms with van der Waals surface area (Å²) in [5.74, 6) is 1.04. The molecule has 2 unspecified atom stereocenters. The van der Waals surface area contributed by atoms with Gasteiger partial charge in [-0.2, -0.15) is 0 Å². The number of ether oxygens (including phenoxy) is 1. The predicted octanol–water partition coefficient (Wildman–Crippen LogP) is 6.79. The van der Waals surface area contributed by atoms with Crippen molar-refractivity contribution in [2.75, 3.05) is 26.3 Å². The Hall–Kier alpha value is -3.05. The number of nitrogens with zero attached hydrogens (tertiary/aromatic N) is 2. The summed E-state index contributed by atoms with van der Waals surface area (Å²) in [6.45, 7) is 13.5. The fourth-order valence-electron chi connectivity index (χ4n) is 7.66. The van der Waals surface area contributed by atoms with Gasteiger partial charge in [-0.3, -0.25) is 4.79 Å². The van der Waals surface area contributed by atoms with Gasteiger partial charge in [-0.05, 0) is 66.9 Å². The van der Waals surface area contributed by atoms with E-state index in [1.807, 2.05) is 6.08 Å². The highest BCUT2D eigenvalue weighted by molar-refractivity contribution is 5.98. The van der Waals surface area contributed by atoms with Crippen LogP contribution in [0.1, 0.15) is 81.0 Å². The number of fused-ring (bicyclic) bond motifs is 4. The molecular weight excluding hydrogens is 482 g/mol. The van der Waals surface area contributed by atoms with Gasteiger partial charge in [-0.15, -0.1) is 6.58 Å². The summed E-state index contributed by atoms with van der Waals surface area (Å²) < 4.78 is 8.10. The van der Waals surface area contributed by atoms with Gasteiger partial charge in [0.15, 0.2) is 0 Å². The monoisotopic (exact) mass is 525 g/mol. The van der Waals surface area contributed by atoms with Crippen molar-refractivity contribution in [1.29, 1.82) is 0 Å². The Morgan fingerprint density at radius 2 is 1.92 bits per heavy atom. The van der Waals surface area contributed by atoms with E-state index in [2.05, 4.69) is 59.9 Å². The molecule has 0 bridgehead atoms. The van der Waals surface area contributed by atoms with Crippen LogP contribution < -0.4 is 5.73 Å². The number of benzene rings is 1. The molecule has 2 aliphatic heterocycles. The summed E-state index contributed by atoms with van der Waals surface area (Å²) in [5.41, 5.74) is 14.0. The first-order valence-electron chi connectivity index (χ1n) is 15.0. The second-order valence-corrected chi connectivity index (χ2v) is 12.0. The molecule has 2 saturated carbocycles. The van der Waals surface area contributed by atoms with Crippen LogP contribution in [0.4, 0.5) is 0 Å². The largest absolute Gasteiger partial charge is 0.399 e. The number of carbonyl (C=O) groups excluding carboxylic acids is 1. The van der Waals surface area contributed by atoms with Gasteiger partial charge in [0.2, 0.25) is 5.91 Å². The number of morpholine rings is 1. The predicted molar refractivity (Wildman–Crippen MR) is 160 cm³/mol. The van der Waals surface area contributed by atoms with Gasteiger partial charge in [-0.25, -0.2) is 0 Å². The van der Waals surface area contributed by atoms with E-state index in [4.69, 9.17) is 10.5 Å². The van der Waals surface area contributed by atoms with E-state index in [9.17, 15) is 4.79 Å². The minimum absolute atomic E-state index is 0.226. The van der Waals surface area contributed by atoms with Crippen LogP contribution in [0.2, 0.25) is 0 Å². The molecular formula is C34H43N3O2. The molecule has 206 valence electrons. The zero-order chi connectivity index (χ0) is 27.1. The summed E-state index contributed by atoms with van der Waals surface area (Å²) in [6.07, 6.45) is 16.0. The normalized spacial score (nSPS) is 27.6. The topological polar surface area (TPSA) is 60.5 Å². The third-order valence-corrected chi connectivity index (χ3v) is 9.71.